The highest BCUT2D eigenvalue weighted by atomic mass is 35.5. The summed E-state index contributed by atoms with van der Waals surface area (Å²) in [6.45, 7) is 0. The van der Waals surface area contributed by atoms with Crippen molar-refractivity contribution in [3.05, 3.63) is 45.3 Å². The molecule has 0 spiro atoms. The molecule has 2 aromatic rings. The number of nitrogens with one attached hydrogen (secondary N) is 3. The normalized spacial score (nSPS) is 20.0. The predicted molar refractivity (Wildman–Crippen MR) is 107 cm³/mol. The van der Waals surface area contributed by atoms with Crippen molar-refractivity contribution in [1.82, 2.24) is 5.32 Å². The number of rotatable bonds is 3. The third kappa shape index (κ3) is 3.53. The van der Waals surface area contributed by atoms with Crippen LogP contribution in [0.4, 0.5) is 15.5 Å². The van der Waals surface area contributed by atoms with Crippen LogP contribution in [0.1, 0.15) is 39.7 Å². The smallest absolute Gasteiger partial charge is 0.324 e. The molecular weight excluding hydrogens is 395 g/mol. The Bertz CT molecular complexity index is 853. The van der Waals surface area contributed by atoms with Crippen LogP contribution < -0.4 is 21.7 Å². The first-order chi connectivity index (χ1) is 12.0. The van der Waals surface area contributed by atoms with Crippen LogP contribution in [0.25, 0.3) is 0 Å². The maximum absolute atomic E-state index is 12.3. The van der Waals surface area contributed by atoms with Gasteiger partial charge in [-0.15, -0.1) is 23.7 Å². The first kappa shape index (κ1) is 19.0. The molecule has 1 aromatic carbocycles. The van der Waals surface area contributed by atoms with Gasteiger partial charge in [0.15, 0.2) is 0 Å². The van der Waals surface area contributed by atoms with Crippen molar-refractivity contribution < 1.29 is 9.59 Å². The van der Waals surface area contributed by atoms with Crippen LogP contribution in [0.15, 0.2) is 24.3 Å². The van der Waals surface area contributed by atoms with Gasteiger partial charge in [0.25, 0.3) is 5.91 Å². The maximum Gasteiger partial charge on any atom is 0.324 e. The van der Waals surface area contributed by atoms with Crippen molar-refractivity contribution in [3.8, 4) is 0 Å². The minimum atomic E-state index is -0.508. The molecule has 2 unspecified atom stereocenters. The molecule has 6 nitrogen and oxygen atoms in total. The van der Waals surface area contributed by atoms with E-state index in [2.05, 4.69) is 16.0 Å². The van der Waals surface area contributed by atoms with E-state index in [4.69, 9.17) is 17.3 Å². The number of carbonyl (C=O) groups is 2. The second-order valence-electron chi connectivity index (χ2n) is 6.29. The van der Waals surface area contributed by atoms with Crippen LogP contribution in [0.3, 0.4) is 0 Å². The number of primary amides is 1. The predicted octanol–water partition coefficient (Wildman–Crippen LogP) is 3.92. The number of hydrogen-bond acceptors (Lipinski definition) is 4. The molecule has 26 heavy (non-hydrogen) atoms. The summed E-state index contributed by atoms with van der Waals surface area (Å²) < 4.78 is 0. The summed E-state index contributed by atoms with van der Waals surface area (Å²) in [5.41, 5.74) is 7.63. The molecule has 2 atom stereocenters. The van der Waals surface area contributed by atoms with Gasteiger partial charge in [0, 0.05) is 27.7 Å². The largest absolute Gasteiger partial charge is 0.365 e. The number of hydrogen-bond donors (Lipinski definition) is 4. The topological polar surface area (TPSA) is 96.2 Å². The van der Waals surface area contributed by atoms with E-state index >= 15 is 0 Å². The zero-order valence-corrected chi connectivity index (χ0v) is 16.1. The first-order valence-electron chi connectivity index (χ1n) is 8.06. The van der Waals surface area contributed by atoms with Crippen molar-refractivity contribution in [1.29, 1.82) is 0 Å². The van der Waals surface area contributed by atoms with Crippen LogP contribution in [-0.2, 0) is 6.42 Å². The Hall–Kier alpha value is -1.80. The molecule has 138 valence electrons. The lowest BCUT2D eigenvalue weighted by Crippen LogP contribution is -2.32. The van der Waals surface area contributed by atoms with Crippen LogP contribution in [-0.4, -0.2) is 18.0 Å². The molecule has 2 aliphatic rings. The van der Waals surface area contributed by atoms with Crippen LogP contribution in [0.5, 0.6) is 0 Å². The van der Waals surface area contributed by atoms with Gasteiger partial charge < -0.3 is 16.4 Å². The van der Waals surface area contributed by atoms with Crippen LogP contribution in [0, 0.1) is 0 Å². The summed E-state index contributed by atoms with van der Waals surface area (Å²) in [7, 11) is 0. The van der Waals surface area contributed by atoms with Gasteiger partial charge in [-0.25, -0.2) is 4.79 Å². The fourth-order valence-corrected chi connectivity index (χ4v) is 5.04. The van der Waals surface area contributed by atoms with Gasteiger partial charge in [-0.2, -0.15) is 0 Å². The standard InChI is InChI=1S/C17H17ClN4O2S.ClH/c18-8-1-3-9(4-2-8)21-17(24)22-16-14(15(19)23)13-11-6-5-10(20-11)7-12(13)25-16;/h1-4,10-11,20H,5-7H2,(H2,19,23)(H2,21,22,24);1H. The summed E-state index contributed by atoms with van der Waals surface area (Å²) in [5, 5.41) is 10.1. The molecule has 4 rings (SSSR count). The number of benzene rings is 1. The van der Waals surface area contributed by atoms with Crippen molar-refractivity contribution >= 4 is 58.0 Å². The van der Waals surface area contributed by atoms with Crippen LogP contribution >= 0.6 is 35.3 Å². The molecule has 9 heteroatoms. The number of halogens is 2. The molecule has 0 saturated carbocycles. The molecule has 1 aromatic heterocycles. The van der Waals surface area contributed by atoms with Gasteiger partial charge in [-0.3, -0.25) is 10.1 Å². The summed E-state index contributed by atoms with van der Waals surface area (Å²) >= 11 is 7.28. The Morgan fingerprint density at radius 2 is 1.92 bits per heavy atom. The minimum Gasteiger partial charge on any atom is -0.365 e. The molecule has 0 radical (unpaired) electrons. The number of anilines is 2. The Labute approximate surface area is 165 Å². The van der Waals surface area contributed by atoms with E-state index in [-0.39, 0.29) is 18.4 Å². The second-order valence-corrected chi connectivity index (χ2v) is 7.83. The van der Waals surface area contributed by atoms with E-state index in [1.165, 1.54) is 11.3 Å². The minimum absolute atomic E-state index is 0. The number of thiophene rings is 1. The molecule has 0 aliphatic carbocycles. The zero-order valence-electron chi connectivity index (χ0n) is 13.7. The van der Waals surface area contributed by atoms with Crippen molar-refractivity contribution in [2.45, 2.75) is 31.3 Å². The molecule has 1 saturated heterocycles. The number of amides is 3. The third-order valence-corrected chi connectivity index (χ3v) is 6.01. The Morgan fingerprint density at radius 1 is 1.19 bits per heavy atom. The molecule has 2 bridgehead atoms. The molecule has 3 heterocycles. The number of urea groups is 1. The van der Waals surface area contributed by atoms with Gasteiger partial charge in [0.2, 0.25) is 0 Å². The second kappa shape index (κ2) is 7.44. The van der Waals surface area contributed by atoms with E-state index in [1.807, 2.05) is 0 Å². The molecule has 1 fully saturated rings. The van der Waals surface area contributed by atoms with Gasteiger partial charge in [0.1, 0.15) is 5.00 Å². The average molecular weight is 413 g/mol. The van der Waals surface area contributed by atoms with Gasteiger partial charge >= 0.3 is 6.03 Å². The summed E-state index contributed by atoms with van der Waals surface area (Å²) in [6.07, 6.45) is 2.96. The van der Waals surface area contributed by atoms with E-state index in [1.54, 1.807) is 24.3 Å². The third-order valence-electron chi connectivity index (χ3n) is 4.62. The summed E-state index contributed by atoms with van der Waals surface area (Å²) in [5.74, 6) is -0.508. The number of fused-ring (bicyclic) bond motifs is 4. The highest BCUT2D eigenvalue weighted by Crippen LogP contribution is 2.45. The lowest BCUT2D eigenvalue weighted by atomic mass is 9.98. The van der Waals surface area contributed by atoms with Gasteiger partial charge in [-0.05, 0) is 49.1 Å². The van der Waals surface area contributed by atoms with Crippen LogP contribution in [0.2, 0.25) is 5.02 Å². The van der Waals surface area contributed by atoms with E-state index in [9.17, 15) is 9.59 Å². The maximum atomic E-state index is 12.3. The Kier molecular flexibility index (Phi) is 5.43. The number of carbonyl (C=O) groups excluding carboxylic acids is 2. The summed E-state index contributed by atoms with van der Waals surface area (Å²) in [4.78, 5) is 25.5. The highest BCUT2D eigenvalue weighted by molar-refractivity contribution is 7.17. The summed E-state index contributed by atoms with van der Waals surface area (Å²) in [6, 6.07) is 6.99. The molecule has 2 aliphatic heterocycles. The quantitative estimate of drug-likeness (QED) is 0.614. The lowest BCUT2D eigenvalue weighted by Gasteiger charge is -2.22. The molecule has 3 amide bonds. The van der Waals surface area contributed by atoms with Gasteiger partial charge in [0.05, 0.1) is 5.56 Å². The zero-order chi connectivity index (χ0) is 17.6. The highest BCUT2D eigenvalue weighted by Gasteiger charge is 2.38. The van der Waals surface area contributed by atoms with E-state index in [0.29, 0.717) is 27.3 Å². The lowest BCUT2D eigenvalue weighted by molar-refractivity contribution is 0.1000. The fraction of sp³-hybridized carbons (Fsp3) is 0.294. The van der Waals surface area contributed by atoms with E-state index < -0.39 is 11.9 Å². The first-order valence-corrected chi connectivity index (χ1v) is 9.25. The SMILES string of the molecule is Cl.NC(=O)c1c(NC(=O)Nc2ccc(Cl)cc2)sc2c1C1CCC(C2)N1. The van der Waals surface area contributed by atoms with Gasteiger partial charge in [-0.1, -0.05) is 11.6 Å². The van der Waals surface area contributed by atoms with Crippen molar-refractivity contribution in [3.63, 3.8) is 0 Å². The molecule has 5 N–H and O–H groups in total. The average Bonchev–Trinajstić information content (AvgIpc) is 3.11. The molecular formula is C17H18Cl2N4O2S. The monoisotopic (exact) mass is 412 g/mol. The van der Waals surface area contributed by atoms with Crippen molar-refractivity contribution in [2.24, 2.45) is 5.73 Å². The Morgan fingerprint density at radius 3 is 2.62 bits per heavy atom. The Balaban J connectivity index is 0.00000196. The number of nitrogens with two attached hydrogens (primary N) is 1. The van der Waals surface area contributed by atoms with Crippen molar-refractivity contribution in [2.75, 3.05) is 10.6 Å². The fourth-order valence-electron chi connectivity index (χ4n) is 3.57. The van der Waals surface area contributed by atoms with E-state index in [0.717, 1.165) is 29.7 Å².